The van der Waals surface area contributed by atoms with Crippen LogP contribution in [-0.2, 0) is 13.2 Å². The molecule has 9 heteroatoms. The molecule has 0 aliphatic rings. The van der Waals surface area contributed by atoms with Gasteiger partial charge in [0, 0.05) is 11.6 Å². The maximum atomic E-state index is 12.5. The molecule has 0 fully saturated rings. The molecule has 0 unspecified atom stereocenters. The zero-order valence-corrected chi connectivity index (χ0v) is 16.9. The number of benzene rings is 2. The average Bonchev–Trinajstić information content (AvgIpc) is 3.07. The Kier molecular flexibility index (Phi) is 7.00. The molecule has 3 rings (SSSR count). The molecule has 1 heterocycles. The van der Waals surface area contributed by atoms with Crippen molar-refractivity contribution in [1.82, 2.24) is 10.3 Å². The Morgan fingerprint density at radius 2 is 1.79 bits per heavy atom. The van der Waals surface area contributed by atoms with Gasteiger partial charge in [-0.05, 0) is 48.9 Å². The third-order valence-electron chi connectivity index (χ3n) is 3.82. The molecule has 29 heavy (non-hydrogen) atoms. The second-order valence-electron chi connectivity index (χ2n) is 5.97. The van der Waals surface area contributed by atoms with E-state index in [1.165, 1.54) is 23.5 Å². The molecule has 152 valence electrons. The molecule has 0 saturated heterocycles. The number of nitrogens with zero attached hydrogens (tertiary/aromatic N) is 1. The summed E-state index contributed by atoms with van der Waals surface area (Å²) >= 11 is 7.10. The molecule has 0 bridgehead atoms. The fourth-order valence-corrected chi connectivity index (χ4v) is 3.47. The highest BCUT2D eigenvalue weighted by atomic mass is 35.5. The molecule has 0 aliphatic carbocycles. The maximum absolute atomic E-state index is 12.5. The normalized spacial score (nSPS) is 10.8. The van der Waals surface area contributed by atoms with E-state index in [1.807, 2.05) is 0 Å². The van der Waals surface area contributed by atoms with Crippen LogP contribution in [0.5, 0.6) is 11.5 Å². The van der Waals surface area contributed by atoms with Gasteiger partial charge < -0.3 is 14.8 Å². The first-order valence-electron chi connectivity index (χ1n) is 8.57. The number of hydrogen-bond acceptors (Lipinski definition) is 5. The van der Waals surface area contributed by atoms with Crippen LogP contribution in [0.3, 0.4) is 0 Å². The Morgan fingerprint density at radius 1 is 1.14 bits per heavy atom. The highest BCUT2D eigenvalue weighted by Gasteiger charge is 2.15. The minimum Gasteiger partial charge on any atom is -0.486 e. The molecule has 0 aliphatic heterocycles. The fraction of sp³-hybridized carbons (Fsp3) is 0.200. The van der Waals surface area contributed by atoms with E-state index in [9.17, 15) is 13.6 Å². The third-order valence-corrected chi connectivity index (χ3v) is 5.21. The van der Waals surface area contributed by atoms with Crippen molar-refractivity contribution in [1.29, 1.82) is 0 Å². The molecule has 5 nitrogen and oxygen atoms in total. The van der Waals surface area contributed by atoms with E-state index in [1.54, 1.807) is 43.3 Å². The van der Waals surface area contributed by atoms with Gasteiger partial charge in [-0.2, -0.15) is 8.78 Å². The number of carbonyl (C=O) groups is 1. The molecule has 2 aromatic carbocycles. The van der Waals surface area contributed by atoms with Crippen molar-refractivity contribution < 1.29 is 23.0 Å². The number of aromatic nitrogens is 1. The van der Waals surface area contributed by atoms with Gasteiger partial charge in [0.05, 0.1) is 5.69 Å². The van der Waals surface area contributed by atoms with Crippen LogP contribution in [0.1, 0.15) is 25.9 Å². The summed E-state index contributed by atoms with van der Waals surface area (Å²) in [5.74, 6) is 0.469. The van der Waals surface area contributed by atoms with Gasteiger partial charge in [0.2, 0.25) is 0 Å². The minimum atomic E-state index is -2.87. The molecule has 0 radical (unpaired) electrons. The fourth-order valence-electron chi connectivity index (χ4n) is 2.45. The lowest BCUT2D eigenvalue weighted by molar-refractivity contribution is -0.0498. The second kappa shape index (κ2) is 9.67. The summed E-state index contributed by atoms with van der Waals surface area (Å²) in [7, 11) is 0. The predicted molar refractivity (Wildman–Crippen MR) is 107 cm³/mol. The van der Waals surface area contributed by atoms with Crippen LogP contribution < -0.4 is 14.8 Å². The second-order valence-corrected chi connectivity index (χ2v) is 7.49. The number of ether oxygens (including phenoxy) is 2. The molecule has 0 saturated carbocycles. The lowest BCUT2D eigenvalue weighted by Gasteiger charge is -2.07. The Balaban J connectivity index is 1.54. The number of halogens is 3. The number of carbonyl (C=O) groups excluding carboxylic acids is 1. The van der Waals surface area contributed by atoms with Gasteiger partial charge in [0.25, 0.3) is 5.91 Å². The lowest BCUT2D eigenvalue weighted by atomic mass is 10.2. The summed E-state index contributed by atoms with van der Waals surface area (Å²) in [4.78, 5) is 17.3. The van der Waals surface area contributed by atoms with Crippen LogP contribution in [0.2, 0.25) is 5.02 Å². The first-order chi connectivity index (χ1) is 13.9. The van der Waals surface area contributed by atoms with Crippen molar-refractivity contribution >= 4 is 28.8 Å². The van der Waals surface area contributed by atoms with Crippen LogP contribution in [0.25, 0.3) is 0 Å². The number of aryl methyl sites for hydroxylation is 1. The molecular weight excluding hydrogens is 422 g/mol. The zero-order chi connectivity index (χ0) is 20.8. The van der Waals surface area contributed by atoms with Gasteiger partial charge in [0.1, 0.15) is 28.0 Å². The summed E-state index contributed by atoms with van der Waals surface area (Å²) in [5.41, 5.74) is 1.37. The summed E-state index contributed by atoms with van der Waals surface area (Å²) in [5, 5.41) is 4.10. The molecule has 0 spiro atoms. The summed E-state index contributed by atoms with van der Waals surface area (Å²) < 4.78 is 34.3. The number of alkyl halides is 2. The van der Waals surface area contributed by atoms with Crippen LogP contribution >= 0.6 is 22.9 Å². The van der Waals surface area contributed by atoms with Crippen molar-refractivity contribution in [2.75, 3.05) is 0 Å². The number of hydrogen-bond donors (Lipinski definition) is 1. The standard InChI is InChI=1S/C20H17ClF2N2O3S/c1-12-18(29-17(25-12)11-27-15-8-4-14(21)5-9-15)19(26)24-10-13-2-6-16(7-3-13)28-20(22)23/h2-9,20H,10-11H2,1H3,(H,24,26). The molecule has 1 N–H and O–H groups in total. The molecular formula is C20H17ClF2N2O3S. The largest absolute Gasteiger partial charge is 0.486 e. The van der Waals surface area contributed by atoms with Crippen molar-refractivity contribution in [3.63, 3.8) is 0 Å². The van der Waals surface area contributed by atoms with E-state index in [0.29, 0.717) is 26.4 Å². The van der Waals surface area contributed by atoms with E-state index in [2.05, 4.69) is 15.0 Å². The maximum Gasteiger partial charge on any atom is 0.387 e. The van der Waals surface area contributed by atoms with E-state index < -0.39 is 6.61 Å². The van der Waals surface area contributed by atoms with E-state index >= 15 is 0 Å². The summed E-state index contributed by atoms with van der Waals surface area (Å²) in [6.07, 6.45) is 0. The number of amides is 1. The smallest absolute Gasteiger partial charge is 0.387 e. The zero-order valence-electron chi connectivity index (χ0n) is 15.3. The van der Waals surface area contributed by atoms with Crippen molar-refractivity contribution in [2.45, 2.75) is 26.7 Å². The number of nitrogens with one attached hydrogen (secondary N) is 1. The van der Waals surface area contributed by atoms with Crippen LogP contribution in [0.4, 0.5) is 8.78 Å². The van der Waals surface area contributed by atoms with Gasteiger partial charge >= 0.3 is 6.61 Å². The highest BCUT2D eigenvalue weighted by Crippen LogP contribution is 2.22. The monoisotopic (exact) mass is 438 g/mol. The van der Waals surface area contributed by atoms with Crippen LogP contribution in [0.15, 0.2) is 48.5 Å². The van der Waals surface area contributed by atoms with Gasteiger partial charge in [0.15, 0.2) is 0 Å². The summed E-state index contributed by atoms with van der Waals surface area (Å²) in [6, 6.07) is 13.1. The van der Waals surface area contributed by atoms with Gasteiger partial charge in [-0.1, -0.05) is 23.7 Å². The van der Waals surface area contributed by atoms with Crippen molar-refractivity contribution in [3.8, 4) is 11.5 Å². The van der Waals surface area contributed by atoms with E-state index in [4.69, 9.17) is 16.3 Å². The van der Waals surface area contributed by atoms with E-state index in [0.717, 1.165) is 5.56 Å². The molecule has 1 amide bonds. The molecule has 0 atom stereocenters. The third kappa shape index (κ3) is 6.13. The first kappa shape index (κ1) is 21.0. The lowest BCUT2D eigenvalue weighted by Crippen LogP contribution is -2.22. The number of rotatable bonds is 8. The average molecular weight is 439 g/mol. The number of thiazole rings is 1. The van der Waals surface area contributed by atoms with Crippen molar-refractivity contribution in [3.05, 3.63) is 74.7 Å². The molecule has 3 aromatic rings. The minimum absolute atomic E-state index is 0.0682. The first-order valence-corrected chi connectivity index (χ1v) is 9.77. The van der Waals surface area contributed by atoms with Gasteiger partial charge in [-0.25, -0.2) is 4.98 Å². The Labute approximate surface area is 175 Å². The Bertz CT molecular complexity index is 963. The summed E-state index contributed by atoms with van der Waals surface area (Å²) in [6.45, 7) is -0.616. The Hall–Kier alpha value is -2.71. The predicted octanol–water partition coefficient (Wildman–Crippen LogP) is 5.22. The molecule has 1 aromatic heterocycles. The van der Waals surface area contributed by atoms with Gasteiger partial charge in [-0.15, -0.1) is 11.3 Å². The quantitative estimate of drug-likeness (QED) is 0.524. The van der Waals surface area contributed by atoms with Crippen LogP contribution in [0, 0.1) is 6.92 Å². The highest BCUT2D eigenvalue weighted by molar-refractivity contribution is 7.13. The van der Waals surface area contributed by atoms with Gasteiger partial charge in [-0.3, -0.25) is 4.79 Å². The topological polar surface area (TPSA) is 60.5 Å². The Morgan fingerprint density at radius 3 is 2.45 bits per heavy atom. The van der Waals surface area contributed by atoms with Crippen molar-refractivity contribution in [2.24, 2.45) is 0 Å². The van der Waals surface area contributed by atoms with E-state index in [-0.39, 0.29) is 24.8 Å². The van der Waals surface area contributed by atoms with Crippen LogP contribution in [-0.4, -0.2) is 17.5 Å². The SMILES string of the molecule is Cc1nc(COc2ccc(Cl)cc2)sc1C(=O)NCc1ccc(OC(F)F)cc1.